The van der Waals surface area contributed by atoms with Crippen LogP contribution in [0.15, 0.2) is 29.3 Å². The molecule has 5 nitrogen and oxygen atoms in total. The van der Waals surface area contributed by atoms with Crippen molar-refractivity contribution >= 4 is 34.4 Å². The first kappa shape index (κ1) is 16.5. The Balaban J connectivity index is 1.98. The molecule has 0 radical (unpaired) electrons. The summed E-state index contributed by atoms with van der Waals surface area (Å²) in [4.78, 5) is 30.4. The summed E-state index contributed by atoms with van der Waals surface area (Å²) in [5.74, 6) is -0.178. The van der Waals surface area contributed by atoms with Crippen LogP contribution in [-0.4, -0.2) is 40.2 Å². The number of aryl methyl sites for hydroxylation is 1. The van der Waals surface area contributed by atoms with E-state index in [-0.39, 0.29) is 23.5 Å². The van der Waals surface area contributed by atoms with Gasteiger partial charge < -0.3 is 5.32 Å². The van der Waals surface area contributed by atoms with Crippen molar-refractivity contribution in [2.75, 3.05) is 18.4 Å². The number of benzene rings is 1. The van der Waals surface area contributed by atoms with Gasteiger partial charge in [-0.1, -0.05) is 29.5 Å². The maximum atomic E-state index is 12.3. The van der Waals surface area contributed by atoms with E-state index in [2.05, 4.69) is 10.3 Å². The second-order valence-electron chi connectivity index (χ2n) is 5.06. The van der Waals surface area contributed by atoms with Crippen molar-refractivity contribution in [3.05, 3.63) is 29.8 Å². The number of nitrogens with one attached hydrogen (secondary N) is 1. The molecule has 0 aromatic heterocycles. The second-order valence-corrected chi connectivity index (χ2v) is 6.23. The van der Waals surface area contributed by atoms with E-state index in [9.17, 15) is 9.59 Å². The van der Waals surface area contributed by atoms with Crippen LogP contribution in [0.5, 0.6) is 0 Å². The largest absolute Gasteiger partial charge is 0.326 e. The monoisotopic (exact) mass is 319 g/mol. The van der Waals surface area contributed by atoms with Crippen LogP contribution in [-0.2, 0) is 9.59 Å². The first-order valence-corrected chi connectivity index (χ1v) is 8.32. The summed E-state index contributed by atoms with van der Waals surface area (Å²) in [6.07, 6.45) is 0.163. The van der Waals surface area contributed by atoms with E-state index in [1.54, 1.807) is 4.90 Å². The van der Waals surface area contributed by atoms with Crippen molar-refractivity contribution in [2.45, 2.75) is 32.4 Å². The van der Waals surface area contributed by atoms with Crippen molar-refractivity contribution in [1.82, 2.24) is 4.90 Å². The van der Waals surface area contributed by atoms with Gasteiger partial charge in [-0.3, -0.25) is 19.5 Å². The SMILES string of the molecule is CCN=C1S[C@H](CC(=O)Nc2ccc(C)cc2)C(=O)N1CC. The van der Waals surface area contributed by atoms with Crippen LogP contribution in [0, 0.1) is 6.92 Å². The third kappa shape index (κ3) is 3.88. The molecule has 0 saturated carbocycles. The topological polar surface area (TPSA) is 61.8 Å². The zero-order chi connectivity index (χ0) is 16.1. The Morgan fingerprint density at radius 2 is 2.00 bits per heavy atom. The van der Waals surface area contributed by atoms with Crippen molar-refractivity contribution < 1.29 is 9.59 Å². The van der Waals surface area contributed by atoms with Gasteiger partial charge in [-0.2, -0.15) is 0 Å². The second kappa shape index (κ2) is 7.45. The zero-order valence-corrected chi connectivity index (χ0v) is 13.9. The minimum absolute atomic E-state index is 0.0289. The van der Waals surface area contributed by atoms with Crippen LogP contribution >= 0.6 is 11.8 Å². The average molecular weight is 319 g/mol. The van der Waals surface area contributed by atoms with Gasteiger partial charge in [-0.15, -0.1) is 0 Å². The lowest BCUT2D eigenvalue weighted by atomic mass is 10.2. The van der Waals surface area contributed by atoms with Crippen LogP contribution in [0.1, 0.15) is 25.8 Å². The highest BCUT2D eigenvalue weighted by molar-refractivity contribution is 8.15. The Morgan fingerprint density at radius 3 is 2.59 bits per heavy atom. The molecule has 6 heteroatoms. The summed E-state index contributed by atoms with van der Waals surface area (Å²) in [5.41, 5.74) is 1.89. The molecule has 0 aliphatic carbocycles. The van der Waals surface area contributed by atoms with Gasteiger partial charge in [0.1, 0.15) is 5.25 Å². The maximum Gasteiger partial charge on any atom is 0.242 e. The molecule has 2 amide bonds. The van der Waals surface area contributed by atoms with Gasteiger partial charge in [0, 0.05) is 25.2 Å². The Hall–Kier alpha value is -1.82. The van der Waals surface area contributed by atoms with E-state index in [0.29, 0.717) is 13.1 Å². The van der Waals surface area contributed by atoms with E-state index in [4.69, 9.17) is 0 Å². The fourth-order valence-electron chi connectivity index (χ4n) is 2.20. The molecular formula is C16H21N3O2S. The number of hydrogen-bond donors (Lipinski definition) is 1. The Morgan fingerprint density at radius 1 is 1.32 bits per heavy atom. The highest BCUT2D eigenvalue weighted by atomic mass is 32.2. The van der Waals surface area contributed by atoms with Crippen LogP contribution in [0.2, 0.25) is 0 Å². The molecule has 1 aliphatic rings. The van der Waals surface area contributed by atoms with E-state index in [1.807, 2.05) is 45.0 Å². The zero-order valence-electron chi connectivity index (χ0n) is 13.1. The number of hydrogen-bond acceptors (Lipinski definition) is 4. The Labute approximate surface area is 135 Å². The highest BCUT2D eigenvalue weighted by Crippen LogP contribution is 2.29. The lowest BCUT2D eigenvalue weighted by Crippen LogP contribution is -2.33. The summed E-state index contributed by atoms with van der Waals surface area (Å²) in [6.45, 7) is 7.06. The molecule has 1 fully saturated rings. The summed E-state index contributed by atoms with van der Waals surface area (Å²) < 4.78 is 0. The molecule has 1 N–H and O–H groups in total. The summed E-state index contributed by atoms with van der Waals surface area (Å²) in [7, 11) is 0. The van der Waals surface area contributed by atoms with Crippen molar-refractivity contribution in [3.63, 3.8) is 0 Å². The smallest absolute Gasteiger partial charge is 0.242 e. The normalized spacial score (nSPS) is 19.8. The van der Waals surface area contributed by atoms with Gasteiger partial charge >= 0.3 is 0 Å². The number of carbonyl (C=O) groups is 2. The number of carbonyl (C=O) groups excluding carboxylic acids is 2. The van der Waals surface area contributed by atoms with Gasteiger partial charge in [-0.25, -0.2) is 0 Å². The molecule has 0 unspecified atom stereocenters. The molecule has 22 heavy (non-hydrogen) atoms. The molecule has 1 aliphatic heterocycles. The first-order valence-electron chi connectivity index (χ1n) is 7.44. The molecule has 1 saturated heterocycles. The maximum absolute atomic E-state index is 12.3. The number of thioether (sulfide) groups is 1. The average Bonchev–Trinajstić information content (AvgIpc) is 2.77. The minimum atomic E-state index is -0.379. The number of amidine groups is 1. The van der Waals surface area contributed by atoms with Crippen LogP contribution in [0.4, 0.5) is 5.69 Å². The van der Waals surface area contributed by atoms with Gasteiger partial charge in [0.15, 0.2) is 5.17 Å². The molecule has 0 spiro atoms. The minimum Gasteiger partial charge on any atom is -0.326 e. The van der Waals surface area contributed by atoms with Crippen LogP contribution in [0.25, 0.3) is 0 Å². The number of nitrogens with zero attached hydrogens (tertiary/aromatic N) is 2. The van der Waals surface area contributed by atoms with E-state index in [0.717, 1.165) is 16.4 Å². The van der Waals surface area contributed by atoms with E-state index in [1.165, 1.54) is 11.8 Å². The third-order valence-electron chi connectivity index (χ3n) is 3.34. The molecular weight excluding hydrogens is 298 g/mol. The fraction of sp³-hybridized carbons (Fsp3) is 0.438. The molecule has 118 valence electrons. The van der Waals surface area contributed by atoms with Crippen LogP contribution in [0.3, 0.4) is 0 Å². The quantitative estimate of drug-likeness (QED) is 0.907. The first-order chi connectivity index (χ1) is 10.5. The summed E-state index contributed by atoms with van der Waals surface area (Å²) in [5, 5.41) is 3.18. The predicted molar refractivity (Wildman–Crippen MR) is 91.2 cm³/mol. The van der Waals surface area contributed by atoms with Gasteiger partial charge in [0.05, 0.1) is 0 Å². The molecule has 1 aromatic carbocycles. The van der Waals surface area contributed by atoms with E-state index < -0.39 is 0 Å². The van der Waals surface area contributed by atoms with Crippen molar-refractivity contribution in [2.24, 2.45) is 4.99 Å². The standard InChI is InChI=1S/C16H21N3O2S/c1-4-17-16-19(5-2)15(21)13(22-16)10-14(20)18-12-8-6-11(3)7-9-12/h6-9,13H,4-5,10H2,1-3H3,(H,18,20)/t13-/m1/s1. The molecule has 1 aromatic rings. The molecule has 0 bridgehead atoms. The summed E-state index contributed by atoms with van der Waals surface area (Å²) >= 11 is 1.38. The Kier molecular flexibility index (Phi) is 5.60. The lowest BCUT2D eigenvalue weighted by molar-refractivity contribution is -0.128. The molecule has 2 rings (SSSR count). The molecule has 1 heterocycles. The fourth-order valence-corrected chi connectivity index (χ4v) is 3.47. The number of aliphatic imine (C=N–C) groups is 1. The van der Waals surface area contributed by atoms with Crippen LogP contribution < -0.4 is 5.32 Å². The lowest BCUT2D eigenvalue weighted by Gasteiger charge is -2.13. The van der Waals surface area contributed by atoms with Crippen molar-refractivity contribution in [1.29, 1.82) is 0 Å². The van der Waals surface area contributed by atoms with Gasteiger partial charge in [-0.05, 0) is 32.9 Å². The molecule has 1 atom stereocenters. The van der Waals surface area contributed by atoms with Gasteiger partial charge in [0.2, 0.25) is 11.8 Å². The van der Waals surface area contributed by atoms with Crippen molar-refractivity contribution in [3.8, 4) is 0 Å². The summed E-state index contributed by atoms with van der Waals surface area (Å²) in [6, 6.07) is 7.60. The number of amides is 2. The third-order valence-corrected chi connectivity index (χ3v) is 4.55. The highest BCUT2D eigenvalue weighted by Gasteiger charge is 2.37. The van der Waals surface area contributed by atoms with E-state index >= 15 is 0 Å². The number of rotatable bonds is 5. The number of anilines is 1. The predicted octanol–water partition coefficient (Wildman–Crippen LogP) is 2.66. The van der Waals surface area contributed by atoms with Gasteiger partial charge in [0.25, 0.3) is 0 Å². The Bertz CT molecular complexity index is 584.